The van der Waals surface area contributed by atoms with Crippen molar-refractivity contribution in [3.63, 3.8) is 0 Å². The Morgan fingerprint density at radius 3 is 2.29 bits per heavy atom. The van der Waals surface area contributed by atoms with Crippen LogP contribution in [0.1, 0.15) is 24.5 Å². The SMILES string of the molecule is CCCNC(=O)[C@@H](Cc1ccccc1)N(Cc1ccc(Cl)cc1)C(=O)COc1ccc(S(=O)(=O)N2CCOCC2)cc1. The van der Waals surface area contributed by atoms with Crippen molar-refractivity contribution < 1.29 is 27.5 Å². The van der Waals surface area contributed by atoms with Gasteiger partial charge in [0, 0.05) is 37.6 Å². The van der Waals surface area contributed by atoms with E-state index in [-0.39, 0.29) is 29.9 Å². The zero-order chi connectivity index (χ0) is 30.0. The lowest BCUT2D eigenvalue weighted by atomic mass is 10.0. The van der Waals surface area contributed by atoms with Gasteiger partial charge in [-0.2, -0.15) is 4.31 Å². The molecule has 0 aromatic heterocycles. The molecule has 42 heavy (non-hydrogen) atoms. The first-order valence-corrected chi connectivity index (χ1v) is 15.8. The Balaban J connectivity index is 1.53. The summed E-state index contributed by atoms with van der Waals surface area (Å²) in [6, 6.07) is 21.9. The van der Waals surface area contributed by atoms with Gasteiger partial charge in [-0.05, 0) is 53.9 Å². The van der Waals surface area contributed by atoms with Crippen molar-refractivity contribution in [3.8, 4) is 5.75 Å². The molecule has 11 heteroatoms. The van der Waals surface area contributed by atoms with Crippen molar-refractivity contribution in [1.82, 2.24) is 14.5 Å². The fraction of sp³-hybridized carbons (Fsp3) is 0.355. The van der Waals surface area contributed by atoms with E-state index in [0.717, 1.165) is 17.5 Å². The number of carbonyl (C=O) groups is 2. The van der Waals surface area contributed by atoms with E-state index in [1.165, 1.54) is 33.5 Å². The van der Waals surface area contributed by atoms with E-state index >= 15 is 0 Å². The summed E-state index contributed by atoms with van der Waals surface area (Å²) in [5.74, 6) is -0.297. The molecule has 1 heterocycles. The molecule has 1 aliphatic rings. The minimum atomic E-state index is -3.65. The molecule has 1 fully saturated rings. The van der Waals surface area contributed by atoms with Gasteiger partial charge in [0.15, 0.2) is 6.61 Å². The van der Waals surface area contributed by atoms with E-state index < -0.39 is 16.1 Å². The highest BCUT2D eigenvalue weighted by atomic mass is 35.5. The van der Waals surface area contributed by atoms with Gasteiger partial charge in [-0.15, -0.1) is 0 Å². The van der Waals surface area contributed by atoms with Gasteiger partial charge in [0.2, 0.25) is 15.9 Å². The fourth-order valence-electron chi connectivity index (χ4n) is 4.58. The van der Waals surface area contributed by atoms with Gasteiger partial charge in [0.25, 0.3) is 5.91 Å². The van der Waals surface area contributed by atoms with Crippen LogP contribution < -0.4 is 10.1 Å². The fourth-order valence-corrected chi connectivity index (χ4v) is 6.11. The van der Waals surface area contributed by atoms with E-state index in [1.54, 1.807) is 12.1 Å². The van der Waals surface area contributed by atoms with E-state index in [1.807, 2.05) is 49.4 Å². The van der Waals surface area contributed by atoms with Crippen molar-refractivity contribution in [2.24, 2.45) is 0 Å². The lowest BCUT2D eigenvalue weighted by Crippen LogP contribution is -2.51. The molecule has 2 amide bonds. The van der Waals surface area contributed by atoms with Crippen molar-refractivity contribution in [2.75, 3.05) is 39.5 Å². The number of hydrogen-bond acceptors (Lipinski definition) is 6. The molecule has 0 unspecified atom stereocenters. The highest BCUT2D eigenvalue weighted by Gasteiger charge is 2.31. The van der Waals surface area contributed by atoms with Crippen LogP contribution in [0.4, 0.5) is 0 Å². The Morgan fingerprint density at radius 2 is 1.64 bits per heavy atom. The molecule has 1 N–H and O–H groups in total. The minimum absolute atomic E-state index is 0.142. The topological polar surface area (TPSA) is 105 Å². The summed E-state index contributed by atoms with van der Waals surface area (Å²) >= 11 is 6.08. The Bertz CT molecular complexity index is 1410. The Hall–Kier alpha value is -3.44. The number of carbonyl (C=O) groups excluding carboxylic acids is 2. The Labute approximate surface area is 252 Å². The van der Waals surface area contributed by atoms with Crippen molar-refractivity contribution in [3.05, 3.63) is 95.0 Å². The number of morpholine rings is 1. The summed E-state index contributed by atoms with van der Waals surface area (Å²) < 4.78 is 38.3. The van der Waals surface area contributed by atoms with E-state index in [9.17, 15) is 18.0 Å². The van der Waals surface area contributed by atoms with Crippen LogP contribution in [0, 0.1) is 0 Å². The first kappa shape index (κ1) is 31.5. The maximum absolute atomic E-state index is 13.7. The first-order valence-electron chi connectivity index (χ1n) is 13.9. The number of amides is 2. The molecule has 0 saturated carbocycles. The Kier molecular flexibility index (Phi) is 11.4. The number of nitrogens with zero attached hydrogens (tertiary/aromatic N) is 2. The van der Waals surface area contributed by atoms with Gasteiger partial charge in [0.05, 0.1) is 18.1 Å². The van der Waals surface area contributed by atoms with Crippen LogP contribution in [0.2, 0.25) is 5.02 Å². The molecule has 0 radical (unpaired) electrons. The quantitative estimate of drug-likeness (QED) is 0.313. The van der Waals surface area contributed by atoms with Crippen LogP contribution in [0.3, 0.4) is 0 Å². The zero-order valence-corrected chi connectivity index (χ0v) is 25.1. The summed E-state index contributed by atoms with van der Waals surface area (Å²) in [5.41, 5.74) is 1.73. The molecule has 1 saturated heterocycles. The third-order valence-corrected chi connectivity index (χ3v) is 9.05. The van der Waals surface area contributed by atoms with Gasteiger partial charge < -0.3 is 19.7 Å². The average Bonchev–Trinajstić information content (AvgIpc) is 3.02. The van der Waals surface area contributed by atoms with Crippen LogP contribution >= 0.6 is 11.6 Å². The van der Waals surface area contributed by atoms with Crippen molar-refractivity contribution in [2.45, 2.75) is 37.2 Å². The van der Waals surface area contributed by atoms with Gasteiger partial charge >= 0.3 is 0 Å². The number of rotatable bonds is 13. The predicted molar refractivity (Wildman–Crippen MR) is 161 cm³/mol. The highest BCUT2D eigenvalue weighted by molar-refractivity contribution is 7.89. The average molecular weight is 614 g/mol. The second-order valence-corrected chi connectivity index (χ2v) is 12.3. The normalized spacial score (nSPS) is 14.6. The maximum Gasteiger partial charge on any atom is 0.261 e. The van der Waals surface area contributed by atoms with Gasteiger partial charge in [0.1, 0.15) is 11.8 Å². The van der Waals surface area contributed by atoms with Crippen LogP contribution in [0.25, 0.3) is 0 Å². The van der Waals surface area contributed by atoms with Crippen molar-refractivity contribution >= 4 is 33.4 Å². The lowest BCUT2D eigenvalue weighted by Gasteiger charge is -2.31. The lowest BCUT2D eigenvalue weighted by molar-refractivity contribution is -0.142. The second kappa shape index (κ2) is 15.2. The molecule has 0 bridgehead atoms. The summed E-state index contributed by atoms with van der Waals surface area (Å²) in [4.78, 5) is 28.8. The molecule has 0 spiro atoms. The molecule has 3 aromatic rings. The standard InChI is InChI=1S/C31H36ClN3O6S/c1-2-16-33-31(37)29(21-24-6-4-3-5-7-24)35(22-25-8-10-26(32)11-9-25)30(36)23-41-27-12-14-28(15-13-27)42(38,39)34-17-19-40-20-18-34/h3-15,29H,2,16-23H2,1H3,(H,33,37)/t29-/m1/s1. The molecule has 1 aliphatic heterocycles. The van der Waals surface area contributed by atoms with Gasteiger partial charge in [-0.3, -0.25) is 9.59 Å². The summed E-state index contributed by atoms with van der Waals surface area (Å²) in [7, 11) is -3.65. The van der Waals surface area contributed by atoms with Crippen LogP contribution in [-0.2, 0) is 37.3 Å². The van der Waals surface area contributed by atoms with E-state index in [0.29, 0.717) is 50.0 Å². The molecule has 224 valence electrons. The van der Waals surface area contributed by atoms with E-state index in [2.05, 4.69) is 5.32 Å². The molecular weight excluding hydrogens is 578 g/mol. The van der Waals surface area contributed by atoms with Crippen molar-refractivity contribution in [1.29, 1.82) is 0 Å². The summed E-state index contributed by atoms with van der Waals surface area (Å²) in [6.07, 6.45) is 1.08. The number of benzene rings is 3. The second-order valence-electron chi connectivity index (χ2n) is 9.92. The molecule has 4 rings (SSSR count). The minimum Gasteiger partial charge on any atom is -0.484 e. The Morgan fingerprint density at radius 1 is 0.976 bits per heavy atom. The van der Waals surface area contributed by atoms with Crippen LogP contribution in [0.15, 0.2) is 83.8 Å². The smallest absolute Gasteiger partial charge is 0.261 e. The third kappa shape index (κ3) is 8.54. The largest absolute Gasteiger partial charge is 0.484 e. The molecule has 0 aliphatic carbocycles. The third-order valence-electron chi connectivity index (χ3n) is 6.88. The first-order chi connectivity index (χ1) is 20.3. The molecule has 1 atom stereocenters. The van der Waals surface area contributed by atoms with Gasteiger partial charge in [-0.1, -0.05) is 61.0 Å². The number of ether oxygens (including phenoxy) is 2. The highest BCUT2D eigenvalue weighted by Crippen LogP contribution is 2.22. The number of halogens is 1. The van der Waals surface area contributed by atoms with Crippen LogP contribution in [-0.4, -0.2) is 74.9 Å². The molecule has 3 aromatic carbocycles. The summed E-state index contributed by atoms with van der Waals surface area (Å²) in [6.45, 7) is 3.61. The van der Waals surface area contributed by atoms with Crippen LogP contribution in [0.5, 0.6) is 5.75 Å². The molecular formula is C31H36ClN3O6S. The zero-order valence-electron chi connectivity index (χ0n) is 23.6. The van der Waals surface area contributed by atoms with E-state index in [4.69, 9.17) is 21.1 Å². The molecule has 9 nitrogen and oxygen atoms in total. The maximum atomic E-state index is 13.7. The van der Waals surface area contributed by atoms with Gasteiger partial charge in [-0.25, -0.2) is 8.42 Å². The predicted octanol–water partition coefficient (Wildman–Crippen LogP) is 3.91. The monoisotopic (exact) mass is 613 g/mol. The number of hydrogen-bond donors (Lipinski definition) is 1. The number of sulfonamides is 1. The summed E-state index contributed by atoms with van der Waals surface area (Å²) in [5, 5.41) is 3.51. The number of nitrogens with one attached hydrogen (secondary N) is 1.